The molecule has 2 aromatic carbocycles. The van der Waals surface area contributed by atoms with Gasteiger partial charge in [-0.15, -0.1) is 23.1 Å². The number of ether oxygens (including phenoxy) is 1. The highest BCUT2D eigenvalue weighted by molar-refractivity contribution is 8.02. The van der Waals surface area contributed by atoms with Gasteiger partial charge < -0.3 is 10.1 Å². The highest BCUT2D eigenvalue weighted by Gasteiger charge is 2.31. The molecule has 0 radical (unpaired) electrons. The van der Waals surface area contributed by atoms with E-state index in [1.807, 2.05) is 40.4 Å². The minimum atomic E-state index is -4.39. The normalized spacial score (nSPS) is 16.5. The molecule has 9 nitrogen and oxygen atoms in total. The van der Waals surface area contributed by atoms with Gasteiger partial charge in [0.25, 0.3) is 0 Å². The fraction of sp³-hybridized carbons (Fsp3) is 0.269. The lowest BCUT2D eigenvalue weighted by Gasteiger charge is -2.21. The zero-order chi connectivity index (χ0) is 27.1. The van der Waals surface area contributed by atoms with Crippen molar-refractivity contribution < 1.29 is 27.3 Å². The van der Waals surface area contributed by atoms with E-state index in [9.17, 15) is 18.0 Å². The molecule has 1 aromatic heterocycles. The van der Waals surface area contributed by atoms with Crippen molar-refractivity contribution in [3.63, 3.8) is 0 Å². The molecule has 1 aliphatic heterocycles. The number of thioether (sulfide) groups is 1. The molecule has 0 saturated carbocycles. The number of thiazole rings is 1. The summed E-state index contributed by atoms with van der Waals surface area (Å²) in [7, 11) is -3.13. The summed E-state index contributed by atoms with van der Waals surface area (Å²) in [5.74, 6) is -2.14. The van der Waals surface area contributed by atoms with Crippen LogP contribution in [0.4, 0.5) is 5.69 Å². The summed E-state index contributed by atoms with van der Waals surface area (Å²) in [6.07, 6.45) is 3.52. The third kappa shape index (κ3) is 7.67. The lowest BCUT2D eigenvalue weighted by molar-refractivity contribution is -0.150. The van der Waals surface area contributed by atoms with E-state index in [2.05, 4.69) is 16.8 Å². The predicted octanol–water partition coefficient (Wildman–Crippen LogP) is 4.48. The van der Waals surface area contributed by atoms with Crippen molar-refractivity contribution >= 4 is 51.0 Å². The number of rotatable bonds is 11. The highest BCUT2D eigenvalue weighted by Crippen LogP contribution is 2.40. The van der Waals surface area contributed by atoms with Gasteiger partial charge in [-0.05, 0) is 47.9 Å². The zero-order valence-electron chi connectivity index (χ0n) is 20.4. The van der Waals surface area contributed by atoms with Gasteiger partial charge in [0.2, 0.25) is 5.91 Å². The largest absolute Gasteiger partial charge is 0.468 e. The number of nitrogens with zero attached hydrogens (tertiary/aromatic N) is 1. The van der Waals surface area contributed by atoms with E-state index >= 15 is 0 Å². The maximum absolute atomic E-state index is 13.4. The van der Waals surface area contributed by atoms with Gasteiger partial charge in [-0.3, -0.25) is 18.9 Å². The smallest absolute Gasteiger partial charge is 0.357 e. The van der Waals surface area contributed by atoms with Crippen LogP contribution in [0, 0.1) is 5.92 Å². The molecule has 0 fully saturated rings. The van der Waals surface area contributed by atoms with Crippen LogP contribution in [-0.2, 0) is 37.5 Å². The van der Waals surface area contributed by atoms with Crippen molar-refractivity contribution in [3.05, 3.63) is 93.3 Å². The molecule has 0 spiro atoms. The van der Waals surface area contributed by atoms with Crippen molar-refractivity contribution in [3.8, 4) is 0 Å². The van der Waals surface area contributed by atoms with E-state index in [0.717, 1.165) is 22.6 Å². The van der Waals surface area contributed by atoms with E-state index < -0.39 is 34.1 Å². The van der Waals surface area contributed by atoms with Gasteiger partial charge in [0.15, 0.2) is 0 Å². The summed E-state index contributed by atoms with van der Waals surface area (Å²) in [6, 6.07) is 15.1. The average Bonchev–Trinajstić information content (AvgIpc) is 3.60. The second kappa shape index (κ2) is 12.6. The molecule has 200 valence electrons. The van der Waals surface area contributed by atoms with Gasteiger partial charge in [0, 0.05) is 5.38 Å². The van der Waals surface area contributed by atoms with E-state index in [1.54, 1.807) is 23.9 Å². The van der Waals surface area contributed by atoms with Crippen LogP contribution in [-0.4, -0.2) is 36.9 Å². The maximum Gasteiger partial charge on any atom is 0.357 e. The Morgan fingerprint density at radius 1 is 1.11 bits per heavy atom. The highest BCUT2D eigenvalue weighted by atomic mass is 32.2. The van der Waals surface area contributed by atoms with Crippen molar-refractivity contribution in [2.45, 2.75) is 30.6 Å². The van der Waals surface area contributed by atoms with E-state index in [4.69, 9.17) is 14.3 Å². The maximum atomic E-state index is 13.4. The number of anilines is 1. The number of benzene rings is 2. The SMILES string of the molecule is COC(=O)[C@@H](Cc1ccccc1)C(=O)N[C@@H](Cc1ccc(NS(=O)(=O)O)cc1)c1csc(C2CC=CS2)n1. The molecule has 3 N–H and O–H groups in total. The summed E-state index contributed by atoms with van der Waals surface area (Å²) in [5, 5.41) is 8.16. The molecule has 1 aliphatic rings. The van der Waals surface area contributed by atoms with Crippen LogP contribution in [0.15, 0.2) is 71.5 Å². The average molecular weight is 574 g/mol. The molecule has 1 unspecified atom stereocenters. The number of esters is 1. The number of carbonyl (C=O) groups is 2. The summed E-state index contributed by atoms with van der Waals surface area (Å²) in [5.41, 5.74) is 2.50. The summed E-state index contributed by atoms with van der Waals surface area (Å²) in [4.78, 5) is 30.8. The van der Waals surface area contributed by atoms with Gasteiger partial charge in [-0.2, -0.15) is 8.42 Å². The zero-order valence-corrected chi connectivity index (χ0v) is 22.9. The molecule has 1 amide bonds. The van der Waals surface area contributed by atoms with Crippen LogP contribution in [0.2, 0.25) is 0 Å². The number of methoxy groups -OCH3 is 1. The fourth-order valence-electron chi connectivity index (χ4n) is 4.02. The molecule has 12 heteroatoms. The number of allylic oxidation sites excluding steroid dienone is 1. The van der Waals surface area contributed by atoms with Gasteiger partial charge in [0.1, 0.15) is 10.9 Å². The second-order valence-corrected chi connectivity index (χ2v) is 11.8. The lowest BCUT2D eigenvalue weighted by atomic mass is 9.97. The van der Waals surface area contributed by atoms with Crippen LogP contribution in [0.3, 0.4) is 0 Å². The predicted molar refractivity (Wildman–Crippen MR) is 148 cm³/mol. The van der Waals surface area contributed by atoms with E-state index in [-0.39, 0.29) is 17.4 Å². The Morgan fingerprint density at radius 3 is 2.45 bits per heavy atom. The van der Waals surface area contributed by atoms with Crippen LogP contribution in [0.5, 0.6) is 0 Å². The summed E-state index contributed by atoms with van der Waals surface area (Å²) in [6.45, 7) is 0. The second-order valence-electron chi connectivity index (χ2n) is 8.65. The Kier molecular flexibility index (Phi) is 9.21. The number of hydrogen-bond acceptors (Lipinski definition) is 8. The van der Waals surface area contributed by atoms with Crippen LogP contribution in [0.1, 0.15) is 39.5 Å². The minimum absolute atomic E-state index is 0.189. The molecular weight excluding hydrogens is 547 g/mol. The van der Waals surface area contributed by atoms with Gasteiger partial charge in [-0.1, -0.05) is 48.5 Å². The number of aromatic nitrogens is 1. The van der Waals surface area contributed by atoms with E-state index in [1.165, 1.54) is 30.6 Å². The molecule has 0 saturated heterocycles. The molecule has 2 heterocycles. The molecule has 0 aliphatic carbocycles. The first kappa shape index (κ1) is 27.8. The Hall–Kier alpha value is -3.19. The van der Waals surface area contributed by atoms with Crippen molar-refractivity contribution in [2.75, 3.05) is 11.8 Å². The first-order valence-corrected chi connectivity index (χ1v) is 15.0. The fourth-order valence-corrected chi connectivity index (χ4v) is 6.46. The van der Waals surface area contributed by atoms with Gasteiger partial charge in [0.05, 0.1) is 29.8 Å². The topological polar surface area (TPSA) is 135 Å². The van der Waals surface area contributed by atoms with Crippen LogP contribution >= 0.6 is 23.1 Å². The first-order valence-electron chi connectivity index (χ1n) is 11.7. The molecule has 4 rings (SSSR count). The van der Waals surface area contributed by atoms with Crippen molar-refractivity contribution in [2.24, 2.45) is 5.92 Å². The van der Waals surface area contributed by atoms with Crippen LogP contribution < -0.4 is 10.0 Å². The standard InChI is InChI=1S/C26H27N3O6S3/c1-35-26(31)20(14-17-6-3-2-4-7-17)24(30)27-21(22-16-37-25(28-22)23-8-5-13-36-23)15-18-9-11-19(12-10-18)29-38(32,33)34/h2-7,9-13,16,20-21,23,29H,8,14-15H2,1H3,(H,27,30)(H,32,33,34)/t20-,21-,23?/m0/s1. The Balaban J connectivity index is 1.57. The summed E-state index contributed by atoms with van der Waals surface area (Å²) < 4.78 is 38.2. The lowest BCUT2D eigenvalue weighted by Crippen LogP contribution is -2.40. The van der Waals surface area contributed by atoms with Crippen LogP contribution in [0.25, 0.3) is 0 Å². The molecular formula is C26H27N3O6S3. The Bertz CT molecular complexity index is 1380. The van der Waals surface area contributed by atoms with Gasteiger partial charge in [-0.25, -0.2) is 4.98 Å². The van der Waals surface area contributed by atoms with Gasteiger partial charge >= 0.3 is 16.3 Å². The van der Waals surface area contributed by atoms with E-state index in [0.29, 0.717) is 12.1 Å². The third-order valence-electron chi connectivity index (χ3n) is 5.90. The molecule has 3 aromatic rings. The Morgan fingerprint density at radius 2 is 1.82 bits per heavy atom. The van der Waals surface area contributed by atoms with Crippen molar-refractivity contribution in [1.29, 1.82) is 0 Å². The number of amides is 1. The third-order valence-corrected chi connectivity index (χ3v) is 8.62. The number of carbonyl (C=O) groups excluding carboxylic acids is 2. The number of hydrogen-bond donors (Lipinski definition) is 3. The summed E-state index contributed by atoms with van der Waals surface area (Å²) >= 11 is 3.22. The monoisotopic (exact) mass is 573 g/mol. The molecule has 0 bridgehead atoms. The number of nitrogens with one attached hydrogen (secondary N) is 2. The molecule has 3 atom stereocenters. The Labute approximate surface area is 229 Å². The quantitative estimate of drug-likeness (QED) is 0.174. The van der Waals surface area contributed by atoms with Crippen molar-refractivity contribution in [1.82, 2.24) is 10.3 Å². The first-order chi connectivity index (χ1) is 18.2. The molecule has 38 heavy (non-hydrogen) atoms. The minimum Gasteiger partial charge on any atom is -0.468 e.